The Morgan fingerprint density at radius 3 is 2.33 bits per heavy atom. The number of hydrogen-bond donors (Lipinski definition) is 1. The third-order valence-electron chi connectivity index (χ3n) is 3.93. The fraction of sp³-hybridized carbons (Fsp3) is 0.588. The van der Waals surface area contributed by atoms with E-state index in [1.54, 1.807) is 0 Å². The van der Waals surface area contributed by atoms with Crippen LogP contribution in [0.4, 0.5) is 0 Å². The third-order valence-corrected chi connectivity index (χ3v) is 4.07. The second-order valence-corrected chi connectivity index (χ2v) is 7.18. The summed E-state index contributed by atoms with van der Waals surface area (Å²) in [6.07, 6.45) is 0.640. The lowest BCUT2D eigenvalue weighted by molar-refractivity contribution is 0.121. The minimum absolute atomic E-state index is 0.275. The minimum Gasteiger partial charge on any atom is -0.492 e. The van der Waals surface area contributed by atoms with E-state index < -0.39 is 0 Å². The molecular weight excluding hydrogens is 280 g/mol. The van der Waals surface area contributed by atoms with E-state index in [2.05, 4.69) is 39.6 Å². The van der Waals surface area contributed by atoms with Gasteiger partial charge in [0.25, 0.3) is 0 Å². The van der Waals surface area contributed by atoms with E-state index in [0.29, 0.717) is 24.1 Å². The highest BCUT2D eigenvalue weighted by Crippen LogP contribution is 2.22. The molecule has 0 saturated heterocycles. The van der Waals surface area contributed by atoms with Crippen molar-refractivity contribution in [1.82, 2.24) is 4.90 Å². The van der Waals surface area contributed by atoms with E-state index in [4.69, 9.17) is 22.7 Å². The van der Waals surface area contributed by atoms with Gasteiger partial charge in [0.05, 0.1) is 4.99 Å². The maximum absolute atomic E-state index is 5.79. The molecule has 0 spiro atoms. The zero-order valence-electron chi connectivity index (χ0n) is 13.8. The Morgan fingerprint density at radius 1 is 1.29 bits per heavy atom. The highest BCUT2D eigenvalue weighted by atomic mass is 32.1. The smallest absolute Gasteiger partial charge is 0.119 e. The van der Waals surface area contributed by atoms with Crippen LogP contribution < -0.4 is 10.5 Å². The monoisotopic (exact) mass is 308 g/mol. The van der Waals surface area contributed by atoms with Crippen molar-refractivity contribution < 1.29 is 4.74 Å². The van der Waals surface area contributed by atoms with Gasteiger partial charge in [0.2, 0.25) is 0 Å². The summed E-state index contributed by atoms with van der Waals surface area (Å²) in [6.45, 7) is 10.6. The molecule has 1 atom stereocenters. The van der Waals surface area contributed by atoms with Crippen molar-refractivity contribution in [2.75, 3.05) is 20.2 Å². The van der Waals surface area contributed by atoms with Crippen LogP contribution >= 0.6 is 12.2 Å². The van der Waals surface area contributed by atoms with Gasteiger partial charge < -0.3 is 10.5 Å². The van der Waals surface area contributed by atoms with Crippen molar-refractivity contribution in [3.63, 3.8) is 0 Å². The summed E-state index contributed by atoms with van der Waals surface area (Å²) in [7, 11) is 2.14. The maximum atomic E-state index is 5.79. The maximum Gasteiger partial charge on any atom is 0.119 e. The molecule has 0 aliphatic rings. The normalized spacial score (nSPS) is 13.2. The number of ether oxygens (including phenoxy) is 1. The average molecular weight is 308 g/mol. The first-order valence-electron chi connectivity index (χ1n) is 7.40. The topological polar surface area (TPSA) is 38.5 Å². The standard InChI is InChI=1S/C17H28N2OS/c1-13(17(2,3)4)19(5)10-11-20-15-8-6-14(7-9-15)12-16(18)21/h6-9,13H,10-12H2,1-5H3,(H2,18,21). The molecule has 1 unspecified atom stereocenters. The van der Waals surface area contributed by atoms with Gasteiger partial charge in [-0.2, -0.15) is 0 Å². The quantitative estimate of drug-likeness (QED) is 0.785. The molecule has 1 rings (SSSR count). The van der Waals surface area contributed by atoms with Crippen molar-refractivity contribution >= 4 is 17.2 Å². The number of likely N-dealkylation sites (N-methyl/N-ethyl adjacent to an activating group) is 1. The van der Waals surface area contributed by atoms with Crippen molar-refractivity contribution in [1.29, 1.82) is 0 Å². The minimum atomic E-state index is 0.275. The summed E-state index contributed by atoms with van der Waals surface area (Å²) in [4.78, 5) is 2.85. The van der Waals surface area contributed by atoms with Crippen LogP contribution in [0.2, 0.25) is 0 Å². The van der Waals surface area contributed by atoms with Crippen LogP contribution in [0, 0.1) is 5.41 Å². The number of nitrogens with zero attached hydrogens (tertiary/aromatic N) is 1. The van der Waals surface area contributed by atoms with Crippen LogP contribution in [0.1, 0.15) is 33.3 Å². The van der Waals surface area contributed by atoms with Crippen LogP contribution in [0.25, 0.3) is 0 Å². The summed E-state index contributed by atoms with van der Waals surface area (Å²) in [6, 6.07) is 8.47. The Balaban J connectivity index is 2.40. The molecular formula is C17H28N2OS. The van der Waals surface area contributed by atoms with Crippen molar-refractivity contribution in [3.05, 3.63) is 29.8 Å². The SMILES string of the molecule is CC(N(C)CCOc1ccc(CC(N)=S)cc1)C(C)(C)C. The third kappa shape index (κ3) is 6.44. The molecule has 3 nitrogen and oxygen atoms in total. The Morgan fingerprint density at radius 2 is 1.86 bits per heavy atom. The Kier molecular flexibility index (Phi) is 6.62. The predicted molar refractivity (Wildman–Crippen MR) is 94.0 cm³/mol. The molecule has 0 aliphatic heterocycles. The van der Waals surface area contributed by atoms with E-state index in [1.165, 1.54) is 0 Å². The first-order valence-corrected chi connectivity index (χ1v) is 7.81. The molecule has 0 fully saturated rings. The van der Waals surface area contributed by atoms with Crippen LogP contribution in [0.3, 0.4) is 0 Å². The zero-order valence-corrected chi connectivity index (χ0v) is 14.7. The number of rotatable bonds is 7. The molecule has 0 saturated carbocycles. The molecule has 0 heterocycles. The zero-order chi connectivity index (χ0) is 16.0. The van der Waals surface area contributed by atoms with Gasteiger partial charge in [0.15, 0.2) is 0 Å². The van der Waals surface area contributed by atoms with Gasteiger partial charge in [-0.05, 0) is 37.1 Å². The number of thiocarbonyl (C=S) groups is 1. The van der Waals surface area contributed by atoms with E-state index in [9.17, 15) is 0 Å². The lowest BCUT2D eigenvalue weighted by Gasteiger charge is -2.35. The number of hydrogen-bond acceptors (Lipinski definition) is 3. The summed E-state index contributed by atoms with van der Waals surface area (Å²) in [5.74, 6) is 0.888. The molecule has 21 heavy (non-hydrogen) atoms. The Hall–Kier alpha value is -1.13. The summed E-state index contributed by atoms with van der Waals surface area (Å²) in [5.41, 5.74) is 6.93. The molecule has 0 amide bonds. The van der Waals surface area contributed by atoms with Gasteiger partial charge >= 0.3 is 0 Å². The molecule has 0 radical (unpaired) electrons. The van der Waals surface area contributed by atoms with Gasteiger partial charge in [0.1, 0.15) is 12.4 Å². The lowest BCUT2D eigenvalue weighted by Crippen LogP contribution is -2.41. The largest absolute Gasteiger partial charge is 0.492 e. The predicted octanol–water partition coefficient (Wildman–Crippen LogP) is 3.26. The van der Waals surface area contributed by atoms with Crippen LogP contribution in [0.5, 0.6) is 5.75 Å². The van der Waals surface area contributed by atoms with E-state index in [0.717, 1.165) is 17.9 Å². The molecule has 118 valence electrons. The van der Waals surface area contributed by atoms with Crippen molar-refractivity contribution in [2.45, 2.75) is 40.2 Å². The van der Waals surface area contributed by atoms with Gasteiger partial charge in [0, 0.05) is 19.0 Å². The highest BCUT2D eigenvalue weighted by molar-refractivity contribution is 7.80. The Labute approximate surface area is 134 Å². The molecule has 1 aromatic rings. The molecule has 2 N–H and O–H groups in total. The molecule has 0 aromatic heterocycles. The first-order chi connectivity index (χ1) is 9.70. The average Bonchev–Trinajstić information content (AvgIpc) is 2.38. The summed E-state index contributed by atoms with van der Waals surface area (Å²) < 4.78 is 5.79. The summed E-state index contributed by atoms with van der Waals surface area (Å²) in [5, 5.41) is 0. The number of nitrogens with two attached hydrogens (primary N) is 1. The number of benzene rings is 1. The molecule has 1 aromatic carbocycles. The van der Waals surface area contributed by atoms with Crippen molar-refractivity contribution in [3.8, 4) is 5.75 Å². The first kappa shape index (κ1) is 17.9. The second-order valence-electron chi connectivity index (χ2n) is 6.66. The molecule has 0 aliphatic carbocycles. The van der Waals surface area contributed by atoms with Gasteiger partial charge in [-0.3, -0.25) is 4.90 Å². The fourth-order valence-electron chi connectivity index (χ4n) is 2.07. The van der Waals surface area contributed by atoms with Crippen LogP contribution in [-0.2, 0) is 6.42 Å². The fourth-order valence-corrected chi connectivity index (χ4v) is 2.23. The van der Waals surface area contributed by atoms with Gasteiger partial charge in [-0.1, -0.05) is 45.1 Å². The van der Waals surface area contributed by atoms with Crippen LogP contribution in [0.15, 0.2) is 24.3 Å². The lowest BCUT2D eigenvalue weighted by atomic mass is 9.87. The molecule has 4 heteroatoms. The van der Waals surface area contributed by atoms with Crippen molar-refractivity contribution in [2.24, 2.45) is 11.1 Å². The summed E-state index contributed by atoms with van der Waals surface area (Å²) >= 11 is 4.90. The molecule has 0 bridgehead atoms. The van der Waals surface area contributed by atoms with Gasteiger partial charge in [-0.25, -0.2) is 0 Å². The highest BCUT2D eigenvalue weighted by Gasteiger charge is 2.23. The second kappa shape index (κ2) is 7.76. The van der Waals surface area contributed by atoms with Gasteiger partial charge in [-0.15, -0.1) is 0 Å². The Bertz CT molecular complexity index is 451. The van der Waals surface area contributed by atoms with E-state index >= 15 is 0 Å². The van der Waals surface area contributed by atoms with E-state index in [1.807, 2.05) is 24.3 Å². The van der Waals surface area contributed by atoms with Crippen LogP contribution in [-0.4, -0.2) is 36.1 Å². The van der Waals surface area contributed by atoms with E-state index in [-0.39, 0.29) is 5.41 Å².